The average molecular weight is 419 g/mol. The third kappa shape index (κ3) is 6.68. The molecule has 1 N–H and O–H groups in total. The van der Waals surface area contributed by atoms with Crippen LogP contribution >= 0.6 is 11.6 Å². The predicted molar refractivity (Wildman–Crippen MR) is 114 cm³/mol. The highest BCUT2D eigenvalue weighted by molar-refractivity contribution is 6.30. The molecule has 2 aromatic rings. The van der Waals surface area contributed by atoms with Gasteiger partial charge >= 0.3 is 0 Å². The third-order valence-electron chi connectivity index (χ3n) is 4.37. The average Bonchev–Trinajstić information content (AvgIpc) is 2.73. The molecule has 0 fully saturated rings. The maximum absolute atomic E-state index is 12.6. The van der Waals surface area contributed by atoms with E-state index in [0.29, 0.717) is 41.8 Å². The van der Waals surface area contributed by atoms with Crippen LogP contribution in [0.15, 0.2) is 42.5 Å². The first-order valence-corrected chi connectivity index (χ1v) is 9.97. The van der Waals surface area contributed by atoms with Gasteiger partial charge in [0.2, 0.25) is 5.91 Å². The summed E-state index contributed by atoms with van der Waals surface area (Å²) in [6, 6.07) is 12.3. The van der Waals surface area contributed by atoms with Gasteiger partial charge in [-0.1, -0.05) is 17.7 Å². The molecule has 0 aliphatic carbocycles. The quantitative estimate of drug-likeness (QED) is 0.635. The maximum Gasteiger partial charge on any atom is 0.251 e. The first-order chi connectivity index (χ1) is 14.0. The Balaban J connectivity index is 1.90. The minimum atomic E-state index is -0.228. The molecule has 0 aliphatic heterocycles. The van der Waals surface area contributed by atoms with Crippen LogP contribution in [0.2, 0.25) is 5.02 Å². The van der Waals surface area contributed by atoms with E-state index >= 15 is 0 Å². The van der Waals surface area contributed by atoms with Gasteiger partial charge in [0.1, 0.15) is 0 Å². The molecular formula is C22H27ClN2O4. The number of halogens is 1. The smallest absolute Gasteiger partial charge is 0.251 e. The normalized spacial score (nSPS) is 10.3. The van der Waals surface area contributed by atoms with Gasteiger partial charge in [-0.2, -0.15) is 0 Å². The van der Waals surface area contributed by atoms with Crippen molar-refractivity contribution >= 4 is 23.4 Å². The van der Waals surface area contributed by atoms with E-state index < -0.39 is 0 Å². The summed E-state index contributed by atoms with van der Waals surface area (Å²) < 4.78 is 10.9. The molecule has 0 spiro atoms. The first kappa shape index (κ1) is 22.6. The number of ether oxygens (including phenoxy) is 2. The lowest BCUT2D eigenvalue weighted by Gasteiger charge is -2.22. The highest BCUT2D eigenvalue weighted by atomic mass is 35.5. The van der Waals surface area contributed by atoms with Gasteiger partial charge in [0.15, 0.2) is 11.5 Å². The highest BCUT2D eigenvalue weighted by Crippen LogP contribution is 2.28. The van der Waals surface area contributed by atoms with Gasteiger partial charge in [-0.3, -0.25) is 9.59 Å². The van der Waals surface area contributed by atoms with Crippen LogP contribution in [0.25, 0.3) is 0 Å². The monoisotopic (exact) mass is 418 g/mol. The van der Waals surface area contributed by atoms with Gasteiger partial charge in [-0.25, -0.2) is 0 Å². The van der Waals surface area contributed by atoms with Crippen molar-refractivity contribution in [3.05, 3.63) is 58.6 Å². The molecule has 0 bridgehead atoms. The summed E-state index contributed by atoms with van der Waals surface area (Å²) in [6.45, 7) is 5.69. The molecule has 0 aromatic heterocycles. The fourth-order valence-electron chi connectivity index (χ4n) is 2.83. The van der Waals surface area contributed by atoms with Crippen LogP contribution in [0, 0.1) is 0 Å². The summed E-state index contributed by atoms with van der Waals surface area (Å²) in [5, 5.41) is 3.34. The van der Waals surface area contributed by atoms with E-state index in [1.54, 1.807) is 36.3 Å². The number of hydrogen-bond donors (Lipinski definition) is 1. The number of carbonyl (C=O) groups is 2. The molecule has 0 aliphatic rings. The zero-order valence-electron chi connectivity index (χ0n) is 17.0. The number of hydrogen-bond acceptors (Lipinski definition) is 4. The van der Waals surface area contributed by atoms with Crippen LogP contribution in [-0.4, -0.2) is 43.5 Å². The Labute approximate surface area is 176 Å². The van der Waals surface area contributed by atoms with E-state index in [1.165, 1.54) is 0 Å². The van der Waals surface area contributed by atoms with E-state index in [9.17, 15) is 9.59 Å². The van der Waals surface area contributed by atoms with Crippen LogP contribution in [0.3, 0.4) is 0 Å². The molecule has 2 rings (SSSR count). The van der Waals surface area contributed by atoms with Gasteiger partial charge in [0, 0.05) is 36.6 Å². The van der Waals surface area contributed by atoms with E-state index in [-0.39, 0.29) is 24.8 Å². The second-order valence-electron chi connectivity index (χ2n) is 6.34. The summed E-state index contributed by atoms with van der Waals surface area (Å²) in [6.07, 6.45) is 0.224. The highest BCUT2D eigenvalue weighted by Gasteiger charge is 2.14. The summed E-state index contributed by atoms with van der Waals surface area (Å²) >= 11 is 5.83. The van der Waals surface area contributed by atoms with Crippen molar-refractivity contribution < 1.29 is 19.1 Å². The Bertz CT molecular complexity index is 824. The van der Waals surface area contributed by atoms with Gasteiger partial charge < -0.3 is 19.7 Å². The lowest BCUT2D eigenvalue weighted by Crippen LogP contribution is -2.34. The number of methoxy groups -OCH3 is 1. The molecule has 156 valence electrons. The van der Waals surface area contributed by atoms with E-state index in [1.807, 2.05) is 32.0 Å². The van der Waals surface area contributed by atoms with Crippen LogP contribution in [0.1, 0.15) is 36.2 Å². The van der Waals surface area contributed by atoms with E-state index in [4.69, 9.17) is 21.1 Å². The molecule has 0 heterocycles. The Morgan fingerprint density at radius 2 is 1.79 bits per heavy atom. The predicted octanol–water partition coefficient (Wildman–Crippen LogP) is 3.92. The fourth-order valence-corrected chi connectivity index (χ4v) is 2.95. The third-order valence-corrected chi connectivity index (χ3v) is 4.62. The zero-order chi connectivity index (χ0) is 21.2. The number of benzene rings is 2. The number of rotatable bonds is 10. The molecule has 2 amide bonds. The molecule has 2 aromatic carbocycles. The Kier molecular flexibility index (Phi) is 8.80. The van der Waals surface area contributed by atoms with E-state index in [0.717, 1.165) is 5.56 Å². The summed E-state index contributed by atoms with van der Waals surface area (Å²) in [7, 11) is 1.59. The van der Waals surface area contributed by atoms with Crippen LogP contribution in [0.4, 0.5) is 0 Å². The Morgan fingerprint density at radius 3 is 2.41 bits per heavy atom. The van der Waals surface area contributed by atoms with Crippen LogP contribution in [0.5, 0.6) is 11.5 Å². The lowest BCUT2D eigenvalue weighted by molar-refractivity contribution is -0.131. The number of nitrogens with one attached hydrogen (secondary N) is 1. The van der Waals surface area contributed by atoms with Gasteiger partial charge in [0.05, 0.1) is 13.7 Å². The minimum absolute atomic E-state index is 0.0308. The van der Waals surface area contributed by atoms with Crippen molar-refractivity contribution in [3.63, 3.8) is 0 Å². The molecule has 0 atom stereocenters. The van der Waals surface area contributed by atoms with Crippen molar-refractivity contribution in [2.45, 2.75) is 26.8 Å². The molecule has 0 saturated heterocycles. The number of amides is 2. The topological polar surface area (TPSA) is 67.9 Å². The van der Waals surface area contributed by atoms with Crippen molar-refractivity contribution in [1.29, 1.82) is 0 Å². The zero-order valence-corrected chi connectivity index (χ0v) is 17.8. The minimum Gasteiger partial charge on any atom is -0.493 e. The largest absolute Gasteiger partial charge is 0.493 e. The Hall–Kier alpha value is -2.73. The van der Waals surface area contributed by atoms with Crippen LogP contribution in [-0.2, 0) is 11.3 Å². The standard InChI is InChI=1S/C22H27ClN2O4/c1-4-25(15-16-6-11-19(29-5-2)20(14-16)28-3)21(26)12-13-24-22(27)17-7-9-18(23)10-8-17/h6-11,14H,4-5,12-13,15H2,1-3H3,(H,24,27). The number of carbonyl (C=O) groups excluding carboxylic acids is 2. The van der Waals surface area contributed by atoms with Crippen molar-refractivity contribution in [2.24, 2.45) is 0 Å². The van der Waals surface area contributed by atoms with Gasteiger partial charge in [-0.15, -0.1) is 0 Å². The Morgan fingerprint density at radius 1 is 1.07 bits per heavy atom. The molecule has 29 heavy (non-hydrogen) atoms. The van der Waals surface area contributed by atoms with Crippen LogP contribution < -0.4 is 14.8 Å². The summed E-state index contributed by atoms with van der Waals surface area (Å²) in [5.74, 6) is 1.06. The second-order valence-corrected chi connectivity index (χ2v) is 6.78. The number of nitrogens with zero attached hydrogens (tertiary/aromatic N) is 1. The lowest BCUT2D eigenvalue weighted by atomic mass is 10.1. The molecule has 0 unspecified atom stereocenters. The van der Waals surface area contributed by atoms with Gasteiger partial charge in [0.25, 0.3) is 5.91 Å². The SMILES string of the molecule is CCOc1ccc(CN(CC)C(=O)CCNC(=O)c2ccc(Cl)cc2)cc1OC. The maximum atomic E-state index is 12.6. The van der Waals surface area contributed by atoms with Crippen molar-refractivity contribution in [1.82, 2.24) is 10.2 Å². The molecule has 6 nitrogen and oxygen atoms in total. The molecular weight excluding hydrogens is 392 g/mol. The first-order valence-electron chi connectivity index (χ1n) is 9.59. The molecule has 7 heteroatoms. The molecule has 0 radical (unpaired) electrons. The van der Waals surface area contributed by atoms with Crippen molar-refractivity contribution in [3.8, 4) is 11.5 Å². The van der Waals surface area contributed by atoms with E-state index in [2.05, 4.69) is 5.32 Å². The van der Waals surface area contributed by atoms with Crippen molar-refractivity contribution in [2.75, 3.05) is 26.8 Å². The second kappa shape index (κ2) is 11.3. The fraction of sp³-hybridized carbons (Fsp3) is 0.364. The van der Waals surface area contributed by atoms with Gasteiger partial charge in [-0.05, 0) is 55.8 Å². The summed E-state index contributed by atoms with van der Waals surface area (Å²) in [4.78, 5) is 26.4. The molecule has 0 saturated carbocycles. The summed E-state index contributed by atoms with van der Waals surface area (Å²) in [5.41, 5.74) is 1.46.